The Balaban J connectivity index is 2.43. The van der Waals surface area contributed by atoms with Crippen molar-refractivity contribution >= 4 is 11.5 Å². The predicted molar refractivity (Wildman–Crippen MR) is 61.4 cm³/mol. The summed E-state index contributed by atoms with van der Waals surface area (Å²) >= 11 is 0. The van der Waals surface area contributed by atoms with Crippen LogP contribution < -0.4 is 5.32 Å². The Morgan fingerprint density at radius 3 is 3.00 bits per heavy atom. The van der Waals surface area contributed by atoms with E-state index in [0.29, 0.717) is 0 Å². The minimum absolute atomic E-state index is 0.132. The molecule has 0 atom stereocenters. The number of carbonyl (C=O) groups excluding carboxylic acids is 1. The number of aryl methyl sites for hydroxylation is 1. The smallest absolute Gasteiger partial charge is 0.244 e. The van der Waals surface area contributed by atoms with Gasteiger partial charge >= 0.3 is 0 Å². The highest BCUT2D eigenvalue weighted by atomic mass is 19.1. The second kappa shape index (κ2) is 4.47. The molecule has 2 rings (SSSR count). The van der Waals surface area contributed by atoms with Gasteiger partial charge in [0.15, 0.2) is 0 Å². The number of carbonyl (C=O) groups is 1. The zero-order valence-electron chi connectivity index (χ0n) is 9.22. The molecule has 0 bridgehead atoms. The molecule has 84 valence electrons. The van der Waals surface area contributed by atoms with Crippen LogP contribution in [0.15, 0.2) is 24.3 Å². The Labute approximate surface area is 94.2 Å². The maximum atomic E-state index is 13.2. The molecule has 0 fully saturated rings. The second-order valence-corrected chi connectivity index (χ2v) is 3.94. The highest BCUT2D eigenvalue weighted by molar-refractivity contribution is 5.95. The van der Waals surface area contributed by atoms with Crippen molar-refractivity contribution in [2.75, 3.05) is 7.05 Å². The van der Waals surface area contributed by atoms with Crippen LogP contribution in [0.25, 0.3) is 5.57 Å². The van der Waals surface area contributed by atoms with E-state index in [1.54, 1.807) is 13.1 Å². The standard InChI is InChI=1S/C13H14FNO/c1-15-13(16)7-10-4-2-3-9-5-6-11(14)8-12(9)10/h5-8H,2-4H2,1H3,(H,15,16). The quantitative estimate of drug-likeness (QED) is 0.721. The van der Waals surface area contributed by atoms with Gasteiger partial charge in [0.1, 0.15) is 5.82 Å². The van der Waals surface area contributed by atoms with Gasteiger partial charge in [0.05, 0.1) is 0 Å². The lowest BCUT2D eigenvalue weighted by Crippen LogP contribution is -2.15. The number of fused-ring (bicyclic) bond motifs is 1. The highest BCUT2D eigenvalue weighted by Gasteiger charge is 2.15. The van der Waals surface area contributed by atoms with E-state index in [1.807, 2.05) is 6.07 Å². The number of likely N-dealkylation sites (N-methyl/N-ethyl adjacent to an activating group) is 1. The third kappa shape index (κ3) is 2.13. The monoisotopic (exact) mass is 219 g/mol. The molecule has 0 heterocycles. The van der Waals surface area contributed by atoms with Crippen LogP contribution in [-0.4, -0.2) is 13.0 Å². The first-order valence-electron chi connectivity index (χ1n) is 5.42. The number of benzene rings is 1. The van der Waals surface area contributed by atoms with Crippen molar-refractivity contribution in [2.24, 2.45) is 0 Å². The van der Waals surface area contributed by atoms with E-state index in [-0.39, 0.29) is 11.7 Å². The molecule has 0 aliphatic heterocycles. The molecule has 0 aromatic heterocycles. The van der Waals surface area contributed by atoms with Crippen LogP contribution >= 0.6 is 0 Å². The first-order valence-corrected chi connectivity index (χ1v) is 5.42. The van der Waals surface area contributed by atoms with Crippen molar-refractivity contribution in [1.82, 2.24) is 5.32 Å². The summed E-state index contributed by atoms with van der Waals surface area (Å²) in [7, 11) is 1.59. The summed E-state index contributed by atoms with van der Waals surface area (Å²) in [6, 6.07) is 4.80. The molecule has 16 heavy (non-hydrogen) atoms. The Bertz CT molecular complexity index is 451. The van der Waals surface area contributed by atoms with Crippen molar-refractivity contribution < 1.29 is 9.18 Å². The molecule has 0 unspecified atom stereocenters. The summed E-state index contributed by atoms with van der Waals surface area (Å²) in [5, 5.41) is 2.55. The lowest BCUT2D eigenvalue weighted by molar-refractivity contribution is -0.116. The number of rotatable bonds is 1. The maximum Gasteiger partial charge on any atom is 0.244 e. The third-order valence-electron chi connectivity index (χ3n) is 2.86. The molecule has 0 spiro atoms. The Morgan fingerprint density at radius 2 is 2.25 bits per heavy atom. The fourth-order valence-corrected chi connectivity index (χ4v) is 2.05. The molecule has 2 nitrogen and oxygen atoms in total. The average Bonchev–Trinajstić information content (AvgIpc) is 2.29. The first-order chi connectivity index (χ1) is 7.70. The van der Waals surface area contributed by atoms with Crippen LogP contribution in [0.5, 0.6) is 0 Å². The fourth-order valence-electron chi connectivity index (χ4n) is 2.05. The summed E-state index contributed by atoms with van der Waals surface area (Å²) in [6.45, 7) is 0. The Hall–Kier alpha value is -1.64. The number of nitrogens with one attached hydrogen (secondary N) is 1. The van der Waals surface area contributed by atoms with E-state index in [1.165, 1.54) is 12.1 Å². The summed E-state index contributed by atoms with van der Waals surface area (Å²) in [6.07, 6.45) is 4.38. The first kappa shape index (κ1) is 10.9. The van der Waals surface area contributed by atoms with Crippen LogP contribution in [0.3, 0.4) is 0 Å². The van der Waals surface area contributed by atoms with Crippen LogP contribution in [-0.2, 0) is 11.2 Å². The molecule has 1 amide bonds. The van der Waals surface area contributed by atoms with Gasteiger partial charge in [-0.2, -0.15) is 0 Å². The summed E-state index contributed by atoms with van der Waals surface area (Å²) in [4.78, 5) is 11.3. The van der Waals surface area contributed by atoms with Crippen molar-refractivity contribution in [3.05, 3.63) is 41.2 Å². The highest BCUT2D eigenvalue weighted by Crippen LogP contribution is 2.30. The van der Waals surface area contributed by atoms with E-state index in [2.05, 4.69) is 5.32 Å². The van der Waals surface area contributed by atoms with Gasteiger partial charge < -0.3 is 5.32 Å². The SMILES string of the molecule is CNC(=O)C=C1CCCc2ccc(F)cc21. The average molecular weight is 219 g/mol. The van der Waals surface area contributed by atoms with Gasteiger partial charge in [-0.1, -0.05) is 6.07 Å². The Morgan fingerprint density at radius 1 is 1.44 bits per heavy atom. The minimum atomic E-state index is -0.247. The maximum absolute atomic E-state index is 13.2. The van der Waals surface area contributed by atoms with Gasteiger partial charge in [0.2, 0.25) is 5.91 Å². The molecule has 1 N–H and O–H groups in total. The number of amides is 1. The zero-order chi connectivity index (χ0) is 11.5. The molecular formula is C13H14FNO. The molecule has 1 aromatic rings. The number of allylic oxidation sites excluding steroid dienone is 1. The number of halogens is 1. The van der Waals surface area contributed by atoms with E-state index >= 15 is 0 Å². The van der Waals surface area contributed by atoms with Gasteiger partial charge in [-0.25, -0.2) is 4.39 Å². The summed E-state index contributed by atoms with van der Waals surface area (Å²) in [5.41, 5.74) is 2.94. The largest absolute Gasteiger partial charge is 0.356 e. The van der Waals surface area contributed by atoms with Gasteiger partial charge in [-0.05, 0) is 48.1 Å². The molecule has 1 aromatic carbocycles. The van der Waals surface area contributed by atoms with Crippen molar-refractivity contribution in [3.63, 3.8) is 0 Å². The minimum Gasteiger partial charge on any atom is -0.356 e. The number of hydrogen-bond donors (Lipinski definition) is 1. The van der Waals surface area contributed by atoms with Crippen LogP contribution in [0.2, 0.25) is 0 Å². The normalized spacial score (nSPS) is 17.0. The van der Waals surface area contributed by atoms with Gasteiger partial charge in [0, 0.05) is 13.1 Å². The van der Waals surface area contributed by atoms with E-state index in [0.717, 1.165) is 36.0 Å². The molecule has 0 saturated carbocycles. The van der Waals surface area contributed by atoms with Crippen molar-refractivity contribution in [2.45, 2.75) is 19.3 Å². The zero-order valence-corrected chi connectivity index (χ0v) is 9.22. The molecular weight excluding hydrogens is 205 g/mol. The third-order valence-corrected chi connectivity index (χ3v) is 2.86. The summed E-state index contributed by atoms with van der Waals surface area (Å²) < 4.78 is 13.2. The molecule has 3 heteroatoms. The fraction of sp³-hybridized carbons (Fsp3) is 0.308. The summed E-state index contributed by atoms with van der Waals surface area (Å²) in [5.74, 6) is -0.379. The van der Waals surface area contributed by atoms with Crippen molar-refractivity contribution in [3.8, 4) is 0 Å². The lowest BCUT2D eigenvalue weighted by atomic mass is 9.87. The second-order valence-electron chi connectivity index (χ2n) is 3.94. The van der Waals surface area contributed by atoms with Gasteiger partial charge in [0.25, 0.3) is 0 Å². The Kier molecular flexibility index (Phi) is 3.04. The van der Waals surface area contributed by atoms with Crippen LogP contribution in [0.4, 0.5) is 4.39 Å². The van der Waals surface area contributed by atoms with E-state index in [9.17, 15) is 9.18 Å². The van der Waals surface area contributed by atoms with E-state index < -0.39 is 0 Å². The van der Waals surface area contributed by atoms with E-state index in [4.69, 9.17) is 0 Å². The predicted octanol–water partition coefficient (Wildman–Crippen LogP) is 2.29. The van der Waals surface area contributed by atoms with Crippen molar-refractivity contribution in [1.29, 1.82) is 0 Å². The molecule has 1 aliphatic carbocycles. The van der Waals surface area contributed by atoms with Gasteiger partial charge in [-0.15, -0.1) is 0 Å². The topological polar surface area (TPSA) is 29.1 Å². The molecule has 0 saturated heterocycles. The molecule has 0 radical (unpaired) electrons. The van der Waals surface area contributed by atoms with Gasteiger partial charge in [-0.3, -0.25) is 4.79 Å². The van der Waals surface area contributed by atoms with Crippen LogP contribution in [0, 0.1) is 5.82 Å². The van der Waals surface area contributed by atoms with Crippen LogP contribution in [0.1, 0.15) is 24.0 Å². The molecule has 1 aliphatic rings. The number of hydrogen-bond acceptors (Lipinski definition) is 1. The lowest BCUT2D eigenvalue weighted by Gasteiger charge is -2.18.